The second-order valence-corrected chi connectivity index (χ2v) is 3.68. The van der Waals surface area contributed by atoms with Crippen molar-refractivity contribution < 1.29 is 0 Å². The summed E-state index contributed by atoms with van der Waals surface area (Å²) in [6.45, 7) is 1.59. The first kappa shape index (κ1) is 6.31. The molecule has 3 heteroatoms. The minimum absolute atomic E-state index is 1.08. The minimum Gasteiger partial charge on any atom is -0.261 e. The third-order valence-corrected chi connectivity index (χ3v) is 3.04. The Bertz CT molecular complexity index is 505. The smallest absolute Gasteiger partial charge is 0.183 e. The molecule has 0 bridgehead atoms. The van der Waals surface area contributed by atoms with Gasteiger partial charge >= 0.3 is 0 Å². The highest BCUT2D eigenvalue weighted by Gasteiger charge is 2.10. The molecule has 1 radical (unpaired) electrons. The first-order valence-electron chi connectivity index (χ1n) is 3.69. The van der Waals surface area contributed by atoms with Gasteiger partial charge in [-0.3, -0.25) is 4.99 Å². The van der Waals surface area contributed by atoms with Crippen molar-refractivity contribution in [2.24, 2.45) is 9.98 Å². The van der Waals surface area contributed by atoms with Crippen LogP contribution in [0.3, 0.4) is 0 Å². The van der Waals surface area contributed by atoms with Crippen molar-refractivity contribution in [3.8, 4) is 0 Å². The second kappa shape index (κ2) is 2.14. The summed E-state index contributed by atoms with van der Waals surface area (Å²) in [5, 5.41) is 0. The third kappa shape index (κ3) is 0.689. The van der Waals surface area contributed by atoms with Gasteiger partial charge in [0.2, 0.25) is 0 Å². The van der Waals surface area contributed by atoms with Crippen molar-refractivity contribution in [1.82, 2.24) is 0 Å². The van der Waals surface area contributed by atoms with E-state index >= 15 is 0 Å². The molecule has 1 aliphatic carbocycles. The van der Waals surface area contributed by atoms with Crippen molar-refractivity contribution in [3.63, 3.8) is 0 Å². The van der Waals surface area contributed by atoms with Crippen LogP contribution in [0.25, 0.3) is 12.2 Å². The maximum absolute atomic E-state index is 4.20. The van der Waals surface area contributed by atoms with Gasteiger partial charge in [-0.15, -0.1) is 11.3 Å². The van der Waals surface area contributed by atoms with Gasteiger partial charge in [0.05, 0.1) is 0 Å². The summed E-state index contributed by atoms with van der Waals surface area (Å²) in [7, 11) is 0. The first-order chi connectivity index (χ1) is 5.95. The number of nitrogens with zero attached hydrogens (tertiary/aromatic N) is 2. The molecular weight excluding hydrogens is 168 g/mol. The fraction of sp³-hybridized carbons (Fsp3) is 0. The highest BCUT2D eigenvalue weighted by atomic mass is 32.1. The quantitative estimate of drug-likeness (QED) is 0.552. The number of aliphatic imine (C=N–C) groups is 1. The van der Waals surface area contributed by atoms with E-state index in [4.69, 9.17) is 0 Å². The van der Waals surface area contributed by atoms with Crippen LogP contribution in [0.4, 0.5) is 0 Å². The summed E-state index contributed by atoms with van der Waals surface area (Å²) in [4.78, 5) is 8.21. The molecule has 1 aromatic heterocycles. The summed E-state index contributed by atoms with van der Waals surface area (Å²) in [5.74, 6) is 0. The number of hydrogen-bond acceptors (Lipinski definition) is 3. The van der Waals surface area contributed by atoms with E-state index in [9.17, 15) is 0 Å². The Morgan fingerprint density at radius 1 is 1.25 bits per heavy atom. The molecule has 0 fully saturated rings. The van der Waals surface area contributed by atoms with Crippen molar-refractivity contribution in [2.75, 3.05) is 0 Å². The molecule has 3 rings (SSSR count). The summed E-state index contributed by atoms with van der Waals surface area (Å²) in [6.07, 6.45) is 8.16. The van der Waals surface area contributed by atoms with Crippen LogP contribution in [0.1, 0.15) is 11.1 Å². The molecule has 57 valence electrons. The molecule has 0 atom stereocenters. The van der Waals surface area contributed by atoms with Gasteiger partial charge in [0, 0.05) is 21.9 Å². The summed E-state index contributed by atoms with van der Waals surface area (Å²) in [5.41, 5.74) is 2.44. The van der Waals surface area contributed by atoms with E-state index in [1.807, 2.05) is 6.21 Å². The van der Waals surface area contributed by atoms with Gasteiger partial charge in [-0.05, 0) is 6.08 Å². The Kier molecular flexibility index (Phi) is 1.12. The van der Waals surface area contributed by atoms with Crippen LogP contribution in [0.2, 0.25) is 0 Å². The van der Waals surface area contributed by atoms with Crippen LogP contribution < -0.4 is 9.20 Å². The number of fused-ring (bicyclic) bond motifs is 3. The van der Waals surface area contributed by atoms with Crippen LogP contribution in [0.5, 0.6) is 0 Å². The molecule has 1 aromatic rings. The lowest BCUT2D eigenvalue weighted by atomic mass is 10.2. The molecular formula is C9H5N2S. The molecule has 1 aliphatic heterocycles. The van der Waals surface area contributed by atoms with Crippen LogP contribution in [0.15, 0.2) is 16.1 Å². The lowest BCUT2D eigenvalue weighted by Crippen LogP contribution is -2.05. The minimum atomic E-state index is 1.08. The monoisotopic (exact) mass is 173 g/mol. The number of allylic oxidation sites excluding steroid dienone is 1. The zero-order chi connectivity index (χ0) is 7.97. The molecule has 12 heavy (non-hydrogen) atoms. The lowest BCUT2D eigenvalue weighted by Gasteiger charge is -1.94. The van der Waals surface area contributed by atoms with Crippen molar-refractivity contribution in [3.05, 3.63) is 33.1 Å². The predicted octanol–water partition coefficient (Wildman–Crippen LogP) is 0.727. The molecule has 0 saturated heterocycles. The maximum Gasteiger partial charge on any atom is 0.183 e. The summed E-state index contributed by atoms with van der Waals surface area (Å²) < 4.78 is 2.38. The normalized spacial score (nSPS) is 16.7. The number of rotatable bonds is 0. The maximum atomic E-state index is 4.20. The Balaban J connectivity index is 2.51. The predicted molar refractivity (Wildman–Crippen MR) is 50.5 cm³/mol. The van der Waals surface area contributed by atoms with Crippen molar-refractivity contribution in [1.29, 1.82) is 0 Å². The van der Waals surface area contributed by atoms with E-state index in [0.717, 1.165) is 4.67 Å². The zero-order valence-corrected chi connectivity index (χ0v) is 7.01. The van der Waals surface area contributed by atoms with E-state index in [-0.39, 0.29) is 0 Å². The van der Waals surface area contributed by atoms with Crippen LogP contribution in [0, 0.1) is 6.67 Å². The average molecular weight is 173 g/mol. The van der Waals surface area contributed by atoms with Gasteiger partial charge in [-0.2, -0.15) is 0 Å². The molecule has 0 spiro atoms. The lowest BCUT2D eigenvalue weighted by molar-refractivity contribution is 1.17. The molecule has 0 N–H and O–H groups in total. The van der Waals surface area contributed by atoms with E-state index in [1.54, 1.807) is 18.0 Å². The zero-order valence-electron chi connectivity index (χ0n) is 6.19. The fourth-order valence-electron chi connectivity index (χ4n) is 1.40. The molecule has 2 nitrogen and oxygen atoms in total. The molecule has 0 unspecified atom stereocenters. The van der Waals surface area contributed by atoms with Crippen LogP contribution in [-0.2, 0) is 0 Å². The topological polar surface area (TPSA) is 24.7 Å². The van der Waals surface area contributed by atoms with Gasteiger partial charge in [0.1, 0.15) is 4.67 Å². The fourth-order valence-corrected chi connectivity index (χ4v) is 2.42. The van der Waals surface area contributed by atoms with Gasteiger partial charge < -0.3 is 0 Å². The van der Waals surface area contributed by atoms with Crippen LogP contribution >= 0.6 is 11.3 Å². The van der Waals surface area contributed by atoms with E-state index < -0.39 is 0 Å². The highest BCUT2D eigenvalue weighted by molar-refractivity contribution is 7.08. The Hall–Kier alpha value is -1.22. The van der Waals surface area contributed by atoms with Crippen molar-refractivity contribution >= 4 is 29.7 Å². The van der Waals surface area contributed by atoms with Gasteiger partial charge in [0.15, 0.2) is 6.67 Å². The Labute approximate surface area is 73.3 Å². The van der Waals surface area contributed by atoms with Gasteiger partial charge in [0.25, 0.3) is 0 Å². The van der Waals surface area contributed by atoms with E-state index in [1.165, 1.54) is 15.7 Å². The summed E-state index contributed by atoms with van der Waals surface area (Å²) >= 11 is 1.72. The van der Waals surface area contributed by atoms with E-state index in [0.29, 0.717) is 0 Å². The first-order valence-corrected chi connectivity index (χ1v) is 4.51. The SMILES string of the molecule is [CH]1N=Cc2c3c(sc2=N1)=CC=C3. The number of thiophene rings is 1. The van der Waals surface area contributed by atoms with Crippen molar-refractivity contribution in [2.45, 2.75) is 0 Å². The Morgan fingerprint density at radius 2 is 2.25 bits per heavy atom. The second-order valence-electron chi connectivity index (χ2n) is 2.65. The van der Waals surface area contributed by atoms with Gasteiger partial charge in [-0.25, -0.2) is 4.99 Å². The third-order valence-electron chi connectivity index (χ3n) is 1.95. The molecule has 0 amide bonds. The Morgan fingerprint density at radius 3 is 3.25 bits per heavy atom. The number of hydrogen-bond donors (Lipinski definition) is 0. The van der Waals surface area contributed by atoms with Gasteiger partial charge in [-0.1, -0.05) is 12.2 Å². The molecule has 0 saturated carbocycles. The standard InChI is InChI=1S/C9H5N2S/c1-2-6-7-4-10-5-11-9(7)12-8(6)3-1/h1-5H. The average Bonchev–Trinajstić information content (AvgIpc) is 2.62. The van der Waals surface area contributed by atoms with Crippen LogP contribution in [-0.4, -0.2) is 6.21 Å². The molecule has 0 aromatic carbocycles. The molecule has 2 heterocycles. The van der Waals surface area contributed by atoms with E-state index in [2.05, 4.69) is 28.2 Å². The molecule has 2 aliphatic rings. The largest absolute Gasteiger partial charge is 0.261 e. The summed E-state index contributed by atoms with van der Waals surface area (Å²) in [6, 6.07) is 0. The highest BCUT2D eigenvalue weighted by Crippen LogP contribution is 2.10.